The van der Waals surface area contributed by atoms with Gasteiger partial charge in [-0.15, -0.1) is 22.7 Å². The maximum absolute atomic E-state index is 12.7. The number of benzene rings is 1. The number of Topliss-reactive ketones (excluding diaryl/α,β-unsaturated/α-hetero) is 1. The lowest BCUT2D eigenvalue weighted by atomic mass is 10.1. The third-order valence-electron chi connectivity index (χ3n) is 3.95. The summed E-state index contributed by atoms with van der Waals surface area (Å²) >= 11 is 2.94. The van der Waals surface area contributed by atoms with E-state index in [2.05, 4.69) is 9.97 Å². The number of hydrogen-bond acceptors (Lipinski definition) is 6. The quantitative estimate of drug-likeness (QED) is 0.398. The maximum atomic E-state index is 12.7. The Morgan fingerprint density at radius 3 is 2.81 bits per heavy atom. The first-order valence-corrected chi connectivity index (χ1v) is 9.70. The fourth-order valence-corrected chi connectivity index (χ4v) is 4.25. The molecule has 3 aromatic heterocycles. The van der Waals surface area contributed by atoms with Crippen LogP contribution < -0.4 is 0 Å². The Morgan fingerprint density at radius 1 is 1.15 bits per heavy atom. The zero-order chi connectivity index (χ0) is 18.1. The molecule has 130 valence electrons. The molecule has 5 nitrogen and oxygen atoms in total. The van der Waals surface area contributed by atoms with E-state index >= 15 is 0 Å². The number of aromatic amines is 1. The molecule has 26 heavy (non-hydrogen) atoms. The molecular weight excluding hydrogens is 368 g/mol. The van der Waals surface area contributed by atoms with Crippen LogP contribution in [0, 0.1) is 0 Å². The van der Waals surface area contributed by atoms with Crippen molar-refractivity contribution in [2.75, 3.05) is 0 Å². The minimum Gasteiger partial charge on any atom is -0.450 e. The van der Waals surface area contributed by atoms with E-state index in [1.807, 2.05) is 41.8 Å². The molecule has 0 saturated carbocycles. The van der Waals surface area contributed by atoms with Crippen LogP contribution in [0.4, 0.5) is 0 Å². The van der Waals surface area contributed by atoms with E-state index in [9.17, 15) is 9.59 Å². The summed E-state index contributed by atoms with van der Waals surface area (Å²) in [6, 6.07) is 11.4. The van der Waals surface area contributed by atoms with Crippen LogP contribution in [0.25, 0.3) is 20.8 Å². The molecule has 4 rings (SSSR count). The number of hydrogen-bond donors (Lipinski definition) is 1. The van der Waals surface area contributed by atoms with Gasteiger partial charge in [-0.25, -0.2) is 9.78 Å². The second-order valence-corrected chi connectivity index (χ2v) is 7.48. The molecule has 1 aromatic carbocycles. The molecule has 0 radical (unpaired) electrons. The highest BCUT2D eigenvalue weighted by atomic mass is 32.1. The summed E-state index contributed by atoms with van der Waals surface area (Å²) in [4.78, 5) is 33.4. The number of esters is 1. The number of nitrogens with zero attached hydrogens (tertiary/aromatic N) is 1. The molecule has 1 N–H and O–H groups in total. The van der Waals surface area contributed by atoms with Crippen molar-refractivity contribution >= 4 is 45.3 Å². The summed E-state index contributed by atoms with van der Waals surface area (Å²) < 4.78 is 5.35. The van der Waals surface area contributed by atoms with Crippen LogP contribution >= 0.6 is 22.7 Å². The fourth-order valence-electron chi connectivity index (χ4n) is 2.65. The third kappa shape index (κ3) is 3.07. The van der Waals surface area contributed by atoms with Crippen molar-refractivity contribution in [3.8, 4) is 9.88 Å². The van der Waals surface area contributed by atoms with Crippen molar-refractivity contribution < 1.29 is 14.3 Å². The molecule has 1 atom stereocenters. The number of fused-ring (bicyclic) bond motifs is 1. The highest BCUT2D eigenvalue weighted by Crippen LogP contribution is 2.28. The fraction of sp³-hybridized carbons (Fsp3) is 0.105. The number of ether oxygens (including phenoxy) is 1. The Morgan fingerprint density at radius 2 is 2.00 bits per heavy atom. The lowest BCUT2D eigenvalue weighted by Crippen LogP contribution is -2.24. The maximum Gasteiger partial charge on any atom is 0.358 e. The van der Waals surface area contributed by atoms with Crippen molar-refractivity contribution in [1.82, 2.24) is 9.97 Å². The van der Waals surface area contributed by atoms with Gasteiger partial charge in [0, 0.05) is 28.0 Å². The molecule has 0 bridgehead atoms. The number of thiazole rings is 1. The lowest BCUT2D eigenvalue weighted by Gasteiger charge is -2.10. The van der Waals surface area contributed by atoms with E-state index < -0.39 is 12.1 Å². The summed E-state index contributed by atoms with van der Waals surface area (Å²) in [5, 5.41) is 5.19. The van der Waals surface area contributed by atoms with Crippen LogP contribution in [0.2, 0.25) is 0 Å². The average molecular weight is 382 g/mol. The van der Waals surface area contributed by atoms with Crippen LogP contribution in [0.3, 0.4) is 0 Å². The molecule has 0 aliphatic heterocycles. The van der Waals surface area contributed by atoms with E-state index in [0.29, 0.717) is 5.56 Å². The number of H-pyrrole nitrogens is 1. The Bertz CT molecular complexity index is 1080. The van der Waals surface area contributed by atoms with E-state index in [1.54, 1.807) is 29.8 Å². The van der Waals surface area contributed by atoms with Crippen LogP contribution in [0.15, 0.2) is 53.4 Å². The standard InChI is InChI=1S/C19H14N2O3S2/c1-11(17(22)13-9-20-14-6-3-2-5-12(13)14)24-19(23)15-10-26-18(21-15)16-7-4-8-25-16/h2-11,20H,1H3. The highest BCUT2D eigenvalue weighted by molar-refractivity contribution is 7.20. The average Bonchev–Trinajstić information content (AvgIpc) is 3.40. The molecule has 0 saturated heterocycles. The number of rotatable bonds is 5. The highest BCUT2D eigenvalue weighted by Gasteiger charge is 2.24. The molecule has 1 unspecified atom stereocenters. The number of carbonyl (C=O) groups is 2. The Hall–Kier alpha value is -2.77. The Labute approximate surface area is 157 Å². The predicted molar refractivity (Wildman–Crippen MR) is 103 cm³/mol. The van der Waals surface area contributed by atoms with E-state index in [0.717, 1.165) is 20.8 Å². The zero-order valence-corrected chi connectivity index (χ0v) is 15.4. The Kier molecular flexibility index (Phi) is 4.40. The van der Waals surface area contributed by atoms with Gasteiger partial charge in [0.05, 0.1) is 4.88 Å². The van der Waals surface area contributed by atoms with Gasteiger partial charge in [-0.1, -0.05) is 24.3 Å². The number of para-hydroxylation sites is 1. The number of aromatic nitrogens is 2. The van der Waals surface area contributed by atoms with E-state index in [1.165, 1.54) is 11.3 Å². The van der Waals surface area contributed by atoms with Gasteiger partial charge in [-0.3, -0.25) is 4.79 Å². The third-order valence-corrected chi connectivity index (χ3v) is 5.83. The topological polar surface area (TPSA) is 72.0 Å². The van der Waals surface area contributed by atoms with Gasteiger partial charge in [0.15, 0.2) is 11.8 Å². The number of nitrogens with one attached hydrogen (secondary N) is 1. The van der Waals surface area contributed by atoms with Gasteiger partial charge < -0.3 is 9.72 Å². The number of ketones is 1. The summed E-state index contributed by atoms with van der Waals surface area (Å²) in [5.41, 5.74) is 1.60. The van der Waals surface area contributed by atoms with Crippen molar-refractivity contribution in [1.29, 1.82) is 0 Å². The molecule has 0 fully saturated rings. The van der Waals surface area contributed by atoms with Gasteiger partial charge in [-0.05, 0) is 24.4 Å². The largest absolute Gasteiger partial charge is 0.450 e. The van der Waals surface area contributed by atoms with Gasteiger partial charge in [0.1, 0.15) is 5.01 Å². The SMILES string of the molecule is CC(OC(=O)c1csc(-c2cccs2)n1)C(=O)c1c[nH]c2ccccc12. The van der Waals surface area contributed by atoms with Crippen LogP contribution in [0.5, 0.6) is 0 Å². The number of thiophene rings is 1. The van der Waals surface area contributed by atoms with Crippen molar-refractivity contribution in [3.63, 3.8) is 0 Å². The first-order chi connectivity index (χ1) is 12.6. The Balaban J connectivity index is 1.50. The molecular formula is C19H14N2O3S2. The van der Waals surface area contributed by atoms with E-state index in [4.69, 9.17) is 4.74 Å². The molecule has 3 heterocycles. The van der Waals surface area contributed by atoms with Crippen LogP contribution in [-0.4, -0.2) is 27.8 Å². The summed E-state index contributed by atoms with van der Waals surface area (Å²) in [6.07, 6.45) is 0.753. The summed E-state index contributed by atoms with van der Waals surface area (Å²) in [5.74, 6) is -0.839. The molecule has 0 amide bonds. The van der Waals surface area contributed by atoms with Gasteiger partial charge in [0.25, 0.3) is 0 Å². The molecule has 0 spiro atoms. The van der Waals surface area contributed by atoms with Crippen molar-refractivity contribution in [3.05, 3.63) is 64.6 Å². The van der Waals surface area contributed by atoms with Crippen LogP contribution in [-0.2, 0) is 4.74 Å². The van der Waals surface area contributed by atoms with Crippen LogP contribution in [0.1, 0.15) is 27.8 Å². The minimum atomic E-state index is -0.895. The summed E-state index contributed by atoms with van der Waals surface area (Å²) in [7, 11) is 0. The zero-order valence-electron chi connectivity index (χ0n) is 13.8. The summed E-state index contributed by atoms with van der Waals surface area (Å²) in [6.45, 7) is 1.58. The van der Waals surface area contributed by atoms with Gasteiger partial charge >= 0.3 is 5.97 Å². The van der Waals surface area contributed by atoms with Crippen molar-refractivity contribution in [2.24, 2.45) is 0 Å². The first-order valence-electron chi connectivity index (χ1n) is 7.94. The molecule has 7 heteroatoms. The second-order valence-electron chi connectivity index (χ2n) is 5.67. The lowest BCUT2D eigenvalue weighted by molar-refractivity contribution is 0.0314. The molecule has 0 aliphatic rings. The molecule has 0 aliphatic carbocycles. The molecule has 4 aromatic rings. The van der Waals surface area contributed by atoms with Gasteiger partial charge in [0.2, 0.25) is 5.78 Å². The number of carbonyl (C=O) groups excluding carboxylic acids is 2. The van der Waals surface area contributed by atoms with Gasteiger partial charge in [-0.2, -0.15) is 0 Å². The monoisotopic (exact) mass is 382 g/mol. The van der Waals surface area contributed by atoms with E-state index in [-0.39, 0.29) is 11.5 Å². The minimum absolute atomic E-state index is 0.219. The predicted octanol–water partition coefficient (Wildman–Crippen LogP) is 4.78. The van der Waals surface area contributed by atoms with Crippen molar-refractivity contribution in [2.45, 2.75) is 13.0 Å². The second kappa shape index (κ2) is 6.86. The normalized spacial score (nSPS) is 12.2. The smallest absolute Gasteiger partial charge is 0.358 e. The first kappa shape index (κ1) is 16.7.